The van der Waals surface area contributed by atoms with Crippen molar-refractivity contribution in [1.82, 2.24) is 4.90 Å². The van der Waals surface area contributed by atoms with Crippen LogP contribution in [0.3, 0.4) is 0 Å². The number of carbonyl (C=O) groups excluding carboxylic acids is 1. The van der Waals surface area contributed by atoms with Crippen molar-refractivity contribution >= 4 is 22.9 Å². The first-order valence-electron chi connectivity index (χ1n) is 6.83. The minimum absolute atomic E-state index is 0.0367. The Hall–Kier alpha value is -1.65. The standard InChI is InChI=1S/C16H20N2OS/c1-3-18(12-15-10-7-11-20-15)13(2)16(19)17-14-8-5-4-6-9-14/h4-11,13H,3,12H2,1-2H3,(H,17,19)/t13-/m0/s1. The predicted molar refractivity (Wildman–Crippen MR) is 84.9 cm³/mol. The monoisotopic (exact) mass is 288 g/mol. The molecule has 2 aromatic rings. The summed E-state index contributed by atoms with van der Waals surface area (Å²) in [6.07, 6.45) is 0. The Bertz CT molecular complexity index is 525. The highest BCUT2D eigenvalue weighted by molar-refractivity contribution is 7.09. The Morgan fingerprint density at radius 2 is 2.00 bits per heavy atom. The van der Waals surface area contributed by atoms with Crippen molar-refractivity contribution in [3.8, 4) is 0 Å². The zero-order valence-electron chi connectivity index (χ0n) is 11.9. The van der Waals surface area contributed by atoms with E-state index in [9.17, 15) is 4.79 Å². The molecular formula is C16H20N2OS. The van der Waals surface area contributed by atoms with Gasteiger partial charge in [0.25, 0.3) is 0 Å². The third-order valence-corrected chi connectivity index (χ3v) is 4.17. The SMILES string of the molecule is CCN(Cc1cccs1)[C@@H](C)C(=O)Nc1ccccc1. The molecule has 0 aliphatic heterocycles. The number of rotatable bonds is 6. The van der Waals surface area contributed by atoms with Gasteiger partial charge in [-0.15, -0.1) is 11.3 Å². The van der Waals surface area contributed by atoms with Gasteiger partial charge in [-0.05, 0) is 37.0 Å². The number of amides is 1. The molecule has 0 radical (unpaired) electrons. The highest BCUT2D eigenvalue weighted by Crippen LogP contribution is 2.15. The maximum absolute atomic E-state index is 12.3. The van der Waals surface area contributed by atoms with Gasteiger partial charge in [0.1, 0.15) is 0 Å². The van der Waals surface area contributed by atoms with Crippen LogP contribution in [-0.2, 0) is 11.3 Å². The number of thiophene rings is 1. The summed E-state index contributed by atoms with van der Waals surface area (Å²) < 4.78 is 0. The van der Waals surface area contributed by atoms with Gasteiger partial charge < -0.3 is 5.32 Å². The van der Waals surface area contributed by atoms with Gasteiger partial charge in [-0.25, -0.2) is 0 Å². The average Bonchev–Trinajstić information content (AvgIpc) is 2.98. The summed E-state index contributed by atoms with van der Waals surface area (Å²) in [5, 5.41) is 5.03. The topological polar surface area (TPSA) is 32.3 Å². The molecule has 0 bridgehead atoms. The molecule has 1 heterocycles. The lowest BCUT2D eigenvalue weighted by molar-refractivity contribution is -0.120. The zero-order chi connectivity index (χ0) is 14.4. The fourth-order valence-electron chi connectivity index (χ4n) is 2.06. The van der Waals surface area contributed by atoms with Crippen LogP contribution in [0.1, 0.15) is 18.7 Å². The van der Waals surface area contributed by atoms with Crippen LogP contribution in [0.25, 0.3) is 0 Å². The minimum atomic E-state index is -0.151. The first kappa shape index (κ1) is 14.8. The first-order valence-corrected chi connectivity index (χ1v) is 7.71. The van der Waals surface area contributed by atoms with Gasteiger partial charge in [-0.2, -0.15) is 0 Å². The molecule has 1 N–H and O–H groups in total. The minimum Gasteiger partial charge on any atom is -0.325 e. The maximum atomic E-state index is 12.3. The van der Waals surface area contributed by atoms with Crippen molar-refractivity contribution in [2.45, 2.75) is 26.4 Å². The van der Waals surface area contributed by atoms with Crippen molar-refractivity contribution in [2.75, 3.05) is 11.9 Å². The lowest BCUT2D eigenvalue weighted by Gasteiger charge is -2.26. The molecule has 2 rings (SSSR count). The van der Waals surface area contributed by atoms with Crippen molar-refractivity contribution in [3.63, 3.8) is 0 Å². The van der Waals surface area contributed by atoms with E-state index in [0.29, 0.717) is 0 Å². The summed E-state index contributed by atoms with van der Waals surface area (Å²) in [6.45, 7) is 5.70. The number of nitrogens with zero attached hydrogens (tertiary/aromatic N) is 1. The molecule has 1 atom stereocenters. The molecule has 20 heavy (non-hydrogen) atoms. The Kier molecular flexibility index (Phi) is 5.32. The smallest absolute Gasteiger partial charge is 0.241 e. The molecule has 4 heteroatoms. The molecule has 1 aromatic heterocycles. The third kappa shape index (κ3) is 3.92. The van der Waals surface area contributed by atoms with Crippen LogP contribution in [0, 0.1) is 0 Å². The van der Waals surface area contributed by atoms with E-state index in [4.69, 9.17) is 0 Å². The second-order valence-electron chi connectivity index (χ2n) is 4.67. The number of nitrogens with one attached hydrogen (secondary N) is 1. The first-order chi connectivity index (χ1) is 9.70. The molecule has 3 nitrogen and oxygen atoms in total. The van der Waals surface area contributed by atoms with E-state index in [1.165, 1.54) is 4.88 Å². The molecule has 0 saturated heterocycles. The van der Waals surface area contributed by atoms with E-state index in [2.05, 4.69) is 28.6 Å². The van der Waals surface area contributed by atoms with Gasteiger partial charge in [-0.1, -0.05) is 31.2 Å². The second-order valence-corrected chi connectivity index (χ2v) is 5.71. The molecule has 0 fully saturated rings. The van der Waals surface area contributed by atoms with Crippen LogP contribution in [0.5, 0.6) is 0 Å². The normalized spacial score (nSPS) is 12.3. The maximum Gasteiger partial charge on any atom is 0.241 e. The Balaban J connectivity index is 1.97. The molecule has 1 amide bonds. The lowest BCUT2D eigenvalue weighted by Crippen LogP contribution is -2.41. The average molecular weight is 288 g/mol. The molecule has 106 valence electrons. The number of para-hydroxylation sites is 1. The summed E-state index contributed by atoms with van der Waals surface area (Å²) in [4.78, 5) is 15.7. The molecule has 0 aliphatic carbocycles. The van der Waals surface area contributed by atoms with Crippen molar-refractivity contribution in [3.05, 3.63) is 52.7 Å². The van der Waals surface area contributed by atoms with Crippen LogP contribution in [0.2, 0.25) is 0 Å². The molecule has 0 spiro atoms. The Labute approximate surface area is 124 Å². The summed E-state index contributed by atoms with van der Waals surface area (Å²) in [6, 6.07) is 13.6. The molecule has 0 unspecified atom stereocenters. The number of benzene rings is 1. The molecular weight excluding hydrogens is 268 g/mol. The largest absolute Gasteiger partial charge is 0.325 e. The van der Waals surface area contributed by atoms with Crippen molar-refractivity contribution in [2.24, 2.45) is 0 Å². The fraction of sp³-hybridized carbons (Fsp3) is 0.312. The third-order valence-electron chi connectivity index (χ3n) is 3.31. The Morgan fingerprint density at radius 3 is 2.60 bits per heavy atom. The van der Waals surface area contributed by atoms with E-state index < -0.39 is 0 Å². The van der Waals surface area contributed by atoms with Gasteiger partial charge >= 0.3 is 0 Å². The summed E-state index contributed by atoms with van der Waals surface area (Å²) >= 11 is 1.73. The molecule has 0 saturated carbocycles. The van der Waals surface area contributed by atoms with Gasteiger partial charge in [0.15, 0.2) is 0 Å². The quantitative estimate of drug-likeness (QED) is 0.881. The summed E-state index contributed by atoms with van der Waals surface area (Å²) in [7, 11) is 0. The van der Waals surface area contributed by atoms with E-state index in [0.717, 1.165) is 18.8 Å². The second kappa shape index (κ2) is 7.22. The van der Waals surface area contributed by atoms with Crippen LogP contribution in [0.4, 0.5) is 5.69 Å². The highest BCUT2D eigenvalue weighted by atomic mass is 32.1. The number of hydrogen-bond donors (Lipinski definition) is 1. The highest BCUT2D eigenvalue weighted by Gasteiger charge is 2.20. The van der Waals surface area contributed by atoms with Crippen LogP contribution < -0.4 is 5.32 Å². The summed E-state index contributed by atoms with van der Waals surface area (Å²) in [5.74, 6) is 0.0367. The number of likely N-dealkylation sites (N-methyl/N-ethyl adjacent to an activating group) is 1. The Morgan fingerprint density at radius 1 is 1.25 bits per heavy atom. The predicted octanol–water partition coefficient (Wildman–Crippen LogP) is 3.60. The van der Waals surface area contributed by atoms with Crippen LogP contribution >= 0.6 is 11.3 Å². The van der Waals surface area contributed by atoms with E-state index in [1.807, 2.05) is 43.3 Å². The van der Waals surface area contributed by atoms with E-state index in [-0.39, 0.29) is 11.9 Å². The zero-order valence-corrected chi connectivity index (χ0v) is 12.7. The summed E-state index contributed by atoms with van der Waals surface area (Å²) in [5.41, 5.74) is 0.844. The molecule has 0 aliphatic rings. The van der Waals surface area contributed by atoms with Crippen LogP contribution in [0.15, 0.2) is 47.8 Å². The van der Waals surface area contributed by atoms with Gasteiger partial charge in [0, 0.05) is 17.1 Å². The van der Waals surface area contributed by atoms with Crippen molar-refractivity contribution in [1.29, 1.82) is 0 Å². The van der Waals surface area contributed by atoms with Gasteiger partial charge in [0.05, 0.1) is 6.04 Å². The van der Waals surface area contributed by atoms with E-state index >= 15 is 0 Å². The number of hydrogen-bond acceptors (Lipinski definition) is 3. The van der Waals surface area contributed by atoms with Crippen molar-refractivity contribution < 1.29 is 4.79 Å². The fourth-order valence-corrected chi connectivity index (χ4v) is 2.79. The van der Waals surface area contributed by atoms with Gasteiger partial charge in [0.2, 0.25) is 5.91 Å². The van der Waals surface area contributed by atoms with Gasteiger partial charge in [-0.3, -0.25) is 9.69 Å². The number of anilines is 1. The number of carbonyl (C=O) groups is 1. The van der Waals surface area contributed by atoms with Crippen LogP contribution in [-0.4, -0.2) is 23.4 Å². The van der Waals surface area contributed by atoms with E-state index in [1.54, 1.807) is 11.3 Å². The molecule has 1 aromatic carbocycles. The lowest BCUT2D eigenvalue weighted by atomic mass is 10.2.